The average molecular weight is 189 g/mol. The highest BCUT2D eigenvalue weighted by atomic mass is 16.4. The van der Waals surface area contributed by atoms with E-state index in [4.69, 9.17) is 5.11 Å². The van der Waals surface area contributed by atoms with Crippen molar-refractivity contribution in [2.45, 2.75) is 0 Å². The van der Waals surface area contributed by atoms with Gasteiger partial charge in [-0.2, -0.15) is 0 Å². The number of aromatic nitrogens is 3. The highest BCUT2D eigenvalue weighted by molar-refractivity contribution is 5.74. The molecular weight excluding hydrogens is 182 g/mol. The van der Waals surface area contributed by atoms with Crippen LogP contribution in [0.15, 0.2) is 36.5 Å². The van der Waals surface area contributed by atoms with Gasteiger partial charge in [0.15, 0.2) is 0 Å². The van der Waals surface area contributed by atoms with Gasteiger partial charge in [-0.3, -0.25) is 0 Å². The highest BCUT2D eigenvalue weighted by Gasteiger charge is 2.10. The summed E-state index contributed by atoms with van der Waals surface area (Å²) in [6.45, 7) is 0. The van der Waals surface area contributed by atoms with Gasteiger partial charge in [-0.15, -0.1) is 9.78 Å². The highest BCUT2D eigenvalue weighted by Crippen LogP contribution is 2.16. The van der Waals surface area contributed by atoms with Gasteiger partial charge < -0.3 is 5.11 Å². The first-order chi connectivity index (χ1) is 6.79. The van der Waals surface area contributed by atoms with Crippen LogP contribution in [-0.2, 0) is 0 Å². The van der Waals surface area contributed by atoms with Gasteiger partial charge >= 0.3 is 6.09 Å². The molecular formula is C9H7N3O2. The molecule has 1 heterocycles. The predicted octanol–water partition coefficient (Wildman–Crippen LogP) is 1.47. The van der Waals surface area contributed by atoms with Crippen LogP contribution in [0, 0.1) is 0 Å². The van der Waals surface area contributed by atoms with Crippen molar-refractivity contribution < 1.29 is 9.90 Å². The lowest BCUT2D eigenvalue weighted by Gasteiger charge is -1.99. The van der Waals surface area contributed by atoms with Crippen LogP contribution >= 0.6 is 0 Å². The second kappa shape index (κ2) is 3.29. The van der Waals surface area contributed by atoms with Crippen molar-refractivity contribution in [3.63, 3.8) is 0 Å². The summed E-state index contributed by atoms with van der Waals surface area (Å²) in [5, 5.41) is 15.8. The van der Waals surface area contributed by atoms with Gasteiger partial charge in [-0.1, -0.05) is 35.5 Å². The van der Waals surface area contributed by atoms with Gasteiger partial charge in [-0.05, 0) is 0 Å². The lowest BCUT2D eigenvalue weighted by Crippen LogP contribution is -2.11. The van der Waals surface area contributed by atoms with E-state index in [-0.39, 0.29) is 0 Å². The topological polar surface area (TPSA) is 68.0 Å². The number of nitrogens with zero attached hydrogens (tertiary/aromatic N) is 3. The van der Waals surface area contributed by atoms with Crippen LogP contribution in [0.5, 0.6) is 0 Å². The molecule has 14 heavy (non-hydrogen) atoms. The molecule has 5 nitrogen and oxygen atoms in total. The zero-order valence-corrected chi connectivity index (χ0v) is 7.16. The molecule has 0 saturated heterocycles. The van der Waals surface area contributed by atoms with Crippen LogP contribution in [0.1, 0.15) is 0 Å². The molecule has 0 fully saturated rings. The average Bonchev–Trinajstić information content (AvgIpc) is 2.67. The van der Waals surface area contributed by atoms with Crippen molar-refractivity contribution in [2.24, 2.45) is 0 Å². The maximum atomic E-state index is 10.7. The molecule has 0 aliphatic rings. The predicted molar refractivity (Wildman–Crippen MR) is 48.9 cm³/mol. The lowest BCUT2D eigenvalue weighted by molar-refractivity contribution is 0.192. The van der Waals surface area contributed by atoms with Gasteiger partial charge in [0.2, 0.25) is 0 Å². The Morgan fingerprint density at radius 2 is 2.00 bits per heavy atom. The Morgan fingerprint density at radius 3 is 2.64 bits per heavy atom. The number of hydrogen-bond donors (Lipinski definition) is 1. The quantitative estimate of drug-likeness (QED) is 0.737. The van der Waals surface area contributed by atoms with Crippen molar-refractivity contribution in [3.05, 3.63) is 36.5 Å². The van der Waals surface area contributed by atoms with Gasteiger partial charge in [0.25, 0.3) is 0 Å². The van der Waals surface area contributed by atoms with Crippen LogP contribution in [0.4, 0.5) is 4.79 Å². The number of carbonyl (C=O) groups is 1. The van der Waals surface area contributed by atoms with Gasteiger partial charge in [0, 0.05) is 5.56 Å². The summed E-state index contributed by atoms with van der Waals surface area (Å²) in [4.78, 5) is 10.7. The standard InChI is InChI=1S/C9H7N3O2/c13-9(14)12-8(6-10-11-12)7-4-2-1-3-5-7/h1-6H,(H,13,14). The van der Waals surface area contributed by atoms with Crippen molar-refractivity contribution in [1.29, 1.82) is 0 Å². The van der Waals surface area contributed by atoms with Crippen LogP contribution in [0.25, 0.3) is 11.3 Å². The fourth-order valence-corrected chi connectivity index (χ4v) is 1.18. The molecule has 0 atom stereocenters. The Bertz CT molecular complexity index is 450. The van der Waals surface area contributed by atoms with Gasteiger partial charge in [0.1, 0.15) is 5.69 Å². The number of benzene rings is 1. The van der Waals surface area contributed by atoms with E-state index in [1.807, 2.05) is 18.2 Å². The van der Waals surface area contributed by atoms with Gasteiger partial charge in [0.05, 0.1) is 6.20 Å². The monoisotopic (exact) mass is 189 g/mol. The number of carboxylic acid groups (broad SMARTS) is 1. The van der Waals surface area contributed by atoms with Crippen LogP contribution in [-0.4, -0.2) is 26.2 Å². The smallest absolute Gasteiger partial charge is 0.434 e. The normalized spacial score (nSPS) is 10.0. The Kier molecular flexibility index (Phi) is 1.98. The molecule has 1 aromatic heterocycles. The summed E-state index contributed by atoms with van der Waals surface area (Å²) in [6, 6.07) is 9.12. The summed E-state index contributed by atoms with van der Waals surface area (Å²) in [5.74, 6) is 0. The third-order valence-corrected chi connectivity index (χ3v) is 1.80. The Balaban J connectivity index is 2.52. The van der Waals surface area contributed by atoms with E-state index in [0.29, 0.717) is 5.69 Å². The van der Waals surface area contributed by atoms with E-state index in [2.05, 4.69) is 10.3 Å². The first-order valence-electron chi connectivity index (χ1n) is 3.98. The van der Waals surface area contributed by atoms with E-state index < -0.39 is 6.09 Å². The summed E-state index contributed by atoms with van der Waals surface area (Å²) >= 11 is 0. The SMILES string of the molecule is O=C(O)n1nncc1-c1ccccc1. The molecule has 0 bridgehead atoms. The van der Waals surface area contributed by atoms with E-state index >= 15 is 0 Å². The molecule has 0 unspecified atom stereocenters. The minimum absolute atomic E-state index is 0.470. The maximum absolute atomic E-state index is 10.7. The number of hydrogen-bond acceptors (Lipinski definition) is 3. The van der Waals surface area contributed by atoms with Crippen molar-refractivity contribution in [3.8, 4) is 11.3 Å². The minimum atomic E-state index is -1.14. The summed E-state index contributed by atoms with van der Waals surface area (Å²) in [7, 11) is 0. The second-order valence-electron chi connectivity index (χ2n) is 2.68. The van der Waals surface area contributed by atoms with E-state index in [9.17, 15) is 4.79 Å². The van der Waals surface area contributed by atoms with Crippen molar-refractivity contribution in [2.75, 3.05) is 0 Å². The van der Waals surface area contributed by atoms with Crippen LogP contribution < -0.4 is 0 Å². The summed E-state index contributed by atoms with van der Waals surface area (Å²) < 4.78 is 0.843. The first kappa shape index (κ1) is 8.43. The maximum Gasteiger partial charge on any atom is 0.434 e. The molecule has 0 amide bonds. The fourth-order valence-electron chi connectivity index (χ4n) is 1.18. The van der Waals surface area contributed by atoms with Crippen molar-refractivity contribution in [1.82, 2.24) is 15.0 Å². The third-order valence-electron chi connectivity index (χ3n) is 1.80. The molecule has 0 spiro atoms. The lowest BCUT2D eigenvalue weighted by atomic mass is 10.2. The molecule has 0 radical (unpaired) electrons. The molecule has 1 aromatic carbocycles. The molecule has 2 rings (SSSR count). The van der Waals surface area contributed by atoms with E-state index in [1.165, 1.54) is 6.20 Å². The summed E-state index contributed by atoms with van der Waals surface area (Å²) in [5.41, 5.74) is 1.25. The summed E-state index contributed by atoms with van der Waals surface area (Å²) in [6.07, 6.45) is 0.282. The zero-order chi connectivity index (χ0) is 9.97. The molecule has 0 saturated carbocycles. The molecule has 0 aliphatic carbocycles. The molecule has 0 aliphatic heterocycles. The van der Waals surface area contributed by atoms with Crippen LogP contribution in [0.3, 0.4) is 0 Å². The third kappa shape index (κ3) is 1.35. The molecule has 70 valence electrons. The number of rotatable bonds is 1. The van der Waals surface area contributed by atoms with E-state index in [0.717, 1.165) is 10.2 Å². The molecule has 1 N–H and O–H groups in total. The molecule has 2 aromatic rings. The Morgan fingerprint density at radius 1 is 1.29 bits per heavy atom. The van der Waals surface area contributed by atoms with Crippen LogP contribution in [0.2, 0.25) is 0 Å². The first-order valence-corrected chi connectivity index (χ1v) is 3.98. The molecule has 5 heteroatoms. The largest absolute Gasteiger partial charge is 0.463 e. The second-order valence-corrected chi connectivity index (χ2v) is 2.68. The Labute approximate surface area is 79.6 Å². The van der Waals surface area contributed by atoms with Crippen molar-refractivity contribution >= 4 is 6.09 Å². The Hall–Kier alpha value is -2.17. The zero-order valence-electron chi connectivity index (χ0n) is 7.16. The minimum Gasteiger partial charge on any atom is -0.463 e. The fraction of sp³-hybridized carbons (Fsp3) is 0. The van der Waals surface area contributed by atoms with E-state index in [1.54, 1.807) is 12.1 Å². The van der Waals surface area contributed by atoms with Gasteiger partial charge in [-0.25, -0.2) is 4.79 Å².